The SMILES string of the molecule is CCOC(=O)c1sc2c(F)ccc(Cl)c2c1-c1nc2c(OC)c(C(N)=O)ccc2[nH]1. The number of nitrogens with two attached hydrogens (primary N) is 1. The van der Waals surface area contributed by atoms with Gasteiger partial charge in [-0.3, -0.25) is 4.79 Å². The zero-order chi connectivity index (χ0) is 21.6. The molecular weight excluding hydrogens is 433 g/mol. The van der Waals surface area contributed by atoms with Gasteiger partial charge in [0.1, 0.15) is 22.0 Å². The van der Waals surface area contributed by atoms with Crippen molar-refractivity contribution in [1.29, 1.82) is 0 Å². The van der Waals surface area contributed by atoms with Gasteiger partial charge < -0.3 is 20.2 Å². The number of nitrogens with zero attached hydrogens (tertiary/aromatic N) is 1. The standard InChI is InChI=1S/C20H15ClFN3O4S/c1-3-29-20(27)17-13(12-9(21)5-6-10(22)16(12)30-17)19-24-11-7-4-8(18(23)26)15(28-2)14(11)25-19/h4-7H,3H2,1-2H3,(H2,23,26)(H,24,25). The van der Waals surface area contributed by atoms with Crippen LogP contribution in [0.15, 0.2) is 24.3 Å². The predicted octanol–water partition coefficient (Wildman–Crippen LogP) is 4.52. The van der Waals surface area contributed by atoms with Crippen LogP contribution in [-0.2, 0) is 4.74 Å². The molecule has 4 rings (SSSR count). The number of methoxy groups -OCH3 is 1. The number of H-pyrrole nitrogens is 1. The average molecular weight is 448 g/mol. The van der Waals surface area contributed by atoms with Crippen molar-refractivity contribution in [3.05, 3.63) is 45.5 Å². The molecule has 0 saturated heterocycles. The molecule has 0 aliphatic carbocycles. The van der Waals surface area contributed by atoms with E-state index in [1.165, 1.54) is 25.3 Å². The first-order valence-corrected chi connectivity index (χ1v) is 10.0. The summed E-state index contributed by atoms with van der Waals surface area (Å²) < 4.78 is 25.2. The normalized spacial score (nSPS) is 11.2. The summed E-state index contributed by atoms with van der Waals surface area (Å²) in [6.45, 7) is 1.83. The number of fused-ring (bicyclic) bond motifs is 2. The van der Waals surface area contributed by atoms with Crippen LogP contribution in [0.25, 0.3) is 32.5 Å². The van der Waals surface area contributed by atoms with Crippen LogP contribution < -0.4 is 10.5 Å². The molecule has 0 atom stereocenters. The number of ether oxygens (including phenoxy) is 2. The first kappa shape index (κ1) is 20.1. The third kappa shape index (κ3) is 3.06. The highest BCUT2D eigenvalue weighted by Gasteiger charge is 2.27. The average Bonchev–Trinajstić information content (AvgIpc) is 3.32. The van der Waals surface area contributed by atoms with E-state index in [2.05, 4.69) is 9.97 Å². The molecule has 0 spiro atoms. The van der Waals surface area contributed by atoms with Gasteiger partial charge in [-0.15, -0.1) is 11.3 Å². The molecular formula is C20H15ClFN3O4S. The monoisotopic (exact) mass is 447 g/mol. The number of thiophene rings is 1. The van der Waals surface area contributed by atoms with Crippen LogP contribution in [0.2, 0.25) is 5.02 Å². The maximum Gasteiger partial charge on any atom is 0.349 e. The van der Waals surface area contributed by atoms with Gasteiger partial charge >= 0.3 is 5.97 Å². The molecule has 2 aromatic carbocycles. The molecule has 0 fully saturated rings. The first-order chi connectivity index (χ1) is 14.4. The number of benzene rings is 2. The van der Waals surface area contributed by atoms with E-state index in [0.717, 1.165) is 11.3 Å². The van der Waals surface area contributed by atoms with Crippen molar-refractivity contribution in [2.24, 2.45) is 5.73 Å². The number of nitrogens with one attached hydrogen (secondary N) is 1. The fourth-order valence-electron chi connectivity index (χ4n) is 3.27. The minimum atomic E-state index is -0.670. The molecule has 4 aromatic rings. The van der Waals surface area contributed by atoms with Gasteiger partial charge in [-0.05, 0) is 31.2 Å². The van der Waals surface area contributed by atoms with Gasteiger partial charge in [-0.2, -0.15) is 0 Å². The van der Waals surface area contributed by atoms with E-state index in [1.807, 2.05) is 0 Å². The number of aromatic nitrogens is 2. The number of imidazole rings is 1. The summed E-state index contributed by atoms with van der Waals surface area (Å²) in [5.74, 6) is -1.35. The van der Waals surface area contributed by atoms with E-state index in [4.69, 9.17) is 26.8 Å². The molecule has 1 amide bonds. The summed E-state index contributed by atoms with van der Waals surface area (Å²) in [5.41, 5.74) is 6.77. The lowest BCUT2D eigenvalue weighted by molar-refractivity contribution is 0.0532. The summed E-state index contributed by atoms with van der Waals surface area (Å²) in [6.07, 6.45) is 0. The smallest absolute Gasteiger partial charge is 0.349 e. The number of hydrogen-bond donors (Lipinski definition) is 2. The minimum absolute atomic E-state index is 0.151. The summed E-state index contributed by atoms with van der Waals surface area (Å²) in [5, 5.41) is 0.608. The first-order valence-electron chi connectivity index (χ1n) is 8.81. The second kappa shape index (κ2) is 7.58. The van der Waals surface area contributed by atoms with Crippen LogP contribution in [0.3, 0.4) is 0 Å². The van der Waals surface area contributed by atoms with Crippen LogP contribution in [-0.4, -0.2) is 35.6 Å². The van der Waals surface area contributed by atoms with Crippen LogP contribution in [0, 0.1) is 5.82 Å². The quantitative estimate of drug-likeness (QED) is 0.437. The molecule has 10 heteroatoms. The van der Waals surface area contributed by atoms with Gasteiger partial charge in [-0.25, -0.2) is 14.2 Å². The molecule has 0 aliphatic rings. The van der Waals surface area contributed by atoms with Crippen molar-refractivity contribution < 1.29 is 23.5 Å². The van der Waals surface area contributed by atoms with Gasteiger partial charge in [0.05, 0.1) is 40.1 Å². The molecule has 2 aromatic heterocycles. The van der Waals surface area contributed by atoms with Crippen molar-refractivity contribution in [1.82, 2.24) is 9.97 Å². The van der Waals surface area contributed by atoms with Gasteiger partial charge in [0, 0.05) is 5.39 Å². The Morgan fingerprint density at radius 3 is 2.73 bits per heavy atom. The Morgan fingerprint density at radius 1 is 1.30 bits per heavy atom. The molecule has 0 radical (unpaired) electrons. The molecule has 7 nitrogen and oxygen atoms in total. The van der Waals surface area contributed by atoms with E-state index in [9.17, 15) is 14.0 Å². The van der Waals surface area contributed by atoms with Crippen molar-refractivity contribution in [2.75, 3.05) is 13.7 Å². The Morgan fingerprint density at radius 2 is 2.07 bits per heavy atom. The van der Waals surface area contributed by atoms with Crippen LogP contribution in [0.4, 0.5) is 4.39 Å². The van der Waals surface area contributed by atoms with E-state index in [0.29, 0.717) is 22.0 Å². The Hall–Kier alpha value is -3.17. The van der Waals surface area contributed by atoms with Gasteiger partial charge in [-0.1, -0.05) is 11.6 Å². The summed E-state index contributed by atoms with van der Waals surface area (Å²) in [4.78, 5) is 32.1. The molecule has 30 heavy (non-hydrogen) atoms. The van der Waals surface area contributed by atoms with Gasteiger partial charge in [0.2, 0.25) is 0 Å². The van der Waals surface area contributed by atoms with Gasteiger partial charge in [0.15, 0.2) is 5.75 Å². The lowest BCUT2D eigenvalue weighted by atomic mass is 10.1. The zero-order valence-electron chi connectivity index (χ0n) is 15.8. The summed E-state index contributed by atoms with van der Waals surface area (Å²) >= 11 is 7.30. The molecule has 154 valence electrons. The third-order valence-electron chi connectivity index (χ3n) is 4.52. The van der Waals surface area contributed by atoms with Crippen molar-refractivity contribution >= 4 is 55.9 Å². The highest BCUT2D eigenvalue weighted by molar-refractivity contribution is 7.21. The Bertz CT molecular complexity index is 1330. The minimum Gasteiger partial charge on any atom is -0.494 e. The second-order valence-electron chi connectivity index (χ2n) is 6.25. The lowest BCUT2D eigenvalue weighted by Crippen LogP contribution is -2.12. The second-order valence-corrected chi connectivity index (χ2v) is 7.68. The number of halogens is 2. The number of esters is 1. The number of amides is 1. The number of primary amides is 1. The van der Waals surface area contributed by atoms with Crippen LogP contribution >= 0.6 is 22.9 Å². The number of aromatic amines is 1. The van der Waals surface area contributed by atoms with Crippen LogP contribution in [0.5, 0.6) is 5.75 Å². The Balaban J connectivity index is 2.06. The Labute approximate surface area is 178 Å². The van der Waals surface area contributed by atoms with E-state index in [-0.39, 0.29) is 38.3 Å². The van der Waals surface area contributed by atoms with E-state index < -0.39 is 17.7 Å². The maximum absolute atomic E-state index is 14.5. The fraction of sp³-hybridized carbons (Fsp3) is 0.150. The largest absolute Gasteiger partial charge is 0.494 e. The van der Waals surface area contributed by atoms with Crippen molar-refractivity contribution in [3.8, 4) is 17.1 Å². The number of carbonyl (C=O) groups excluding carboxylic acids is 2. The van der Waals surface area contributed by atoms with Crippen molar-refractivity contribution in [2.45, 2.75) is 6.92 Å². The molecule has 0 bridgehead atoms. The van der Waals surface area contributed by atoms with Crippen LogP contribution in [0.1, 0.15) is 27.0 Å². The number of carbonyl (C=O) groups is 2. The van der Waals surface area contributed by atoms with Crippen molar-refractivity contribution in [3.63, 3.8) is 0 Å². The molecule has 2 heterocycles. The molecule has 0 unspecified atom stereocenters. The number of rotatable bonds is 5. The van der Waals surface area contributed by atoms with E-state index in [1.54, 1.807) is 13.0 Å². The van der Waals surface area contributed by atoms with Gasteiger partial charge in [0.25, 0.3) is 5.91 Å². The summed E-state index contributed by atoms with van der Waals surface area (Å²) in [7, 11) is 1.39. The highest BCUT2D eigenvalue weighted by Crippen LogP contribution is 2.44. The highest BCUT2D eigenvalue weighted by atomic mass is 35.5. The Kier molecular flexibility index (Phi) is 5.08. The van der Waals surface area contributed by atoms with E-state index >= 15 is 0 Å². The topological polar surface area (TPSA) is 107 Å². The molecule has 0 saturated carbocycles. The molecule has 3 N–H and O–H groups in total. The third-order valence-corrected chi connectivity index (χ3v) is 6.01. The maximum atomic E-state index is 14.5. The summed E-state index contributed by atoms with van der Waals surface area (Å²) in [6, 6.07) is 5.78. The zero-order valence-corrected chi connectivity index (χ0v) is 17.4. The lowest BCUT2D eigenvalue weighted by Gasteiger charge is -2.05. The predicted molar refractivity (Wildman–Crippen MR) is 113 cm³/mol. The number of hydrogen-bond acceptors (Lipinski definition) is 6. The molecule has 0 aliphatic heterocycles. The fourth-order valence-corrected chi connectivity index (χ4v) is 4.70.